The first-order valence-electron chi connectivity index (χ1n) is 5.36. The first-order chi connectivity index (χ1) is 7.97. The summed E-state index contributed by atoms with van der Waals surface area (Å²) in [6, 6.07) is 3.65. The van der Waals surface area contributed by atoms with E-state index in [0.717, 1.165) is 5.69 Å². The van der Waals surface area contributed by atoms with Crippen LogP contribution < -0.4 is 0 Å². The maximum absolute atomic E-state index is 5.17. The van der Waals surface area contributed by atoms with Crippen molar-refractivity contribution in [1.29, 1.82) is 0 Å². The second kappa shape index (κ2) is 4.33. The van der Waals surface area contributed by atoms with Crippen LogP contribution in [0.3, 0.4) is 0 Å². The van der Waals surface area contributed by atoms with E-state index in [4.69, 9.17) is 12.2 Å². The number of hydrogen-bond donors (Lipinski definition) is 1. The lowest BCUT2D eigenvalue weighted by Gasteiger charge is -2.19. The van der Waals surface area contributed by atoms with Gasteiger partial charge in [-0.05, 0) is 12.1 Å². The maximum atomic E-state index is 5.17. The Kier molecular flexibility index (Phi) is 3.02. The Morgan fingerprint density at radius 1 is 1.18 bits per heavy atom. The van der Waals surface area contributed by atoms with Crippen LogP contribution in [0.25, 0.3) is 11.6 Å². The van der Waals surface area contributed by atoms with Crippen molar-refractivity contribution in [2.75, 3.05) is 0 Å². The van der Waals surface area contributed by atoms with E-state index in [2.05, 4.69) is 40.7 Å². The summed E-state index contributed by atoms with van der Waals surface area (Å²) in [5.41, 5.74) is 1.01. The van der Waals surface area contributed by atoms with Crippen molar-refractivity contribution in [2.45, 2.75) is 26.2 Å². The van der Waals surface area contributed by atoms with Crippen LogP contribution in [-0.2, 0) is 5.41 Å². The van der Waals surface area contributed by atoms with E-state index in [1.54, 1.807) is 18.5 Å². The molecule has 2 aromatic rings. The van der Waals surface area contributed by atoms with Gasteiger partial charge >= 0.3 is 0 Å². The summed E-state index contributed by atoms with van der Waals surface area (Å²) in [6.07, 6.45) is 3.37. The van der Waals surface area contributed by atoms with Crippen LogP contribution in [0.5, 0.6) is 0 Å². The second-order valence-corrected chi connectivity index (χ2v) is 5.22. The monoisotopic (exact) mass is 246 g/mol. The fourth-order valence-electron chi connectivity index (χ4n) is 1.39. The molecule has 0 saturated carbocycles. The van der Waals surface area contributed by atoms with Crippen LogP contribution in [0.4, 0.5) is 0 Å². The van der Waals surface area contributed by atoms with Gasteiger partial charge < -0.3 is 4.98 Å². The summed E-state index contributed by atoms with van der Waals surface area (Å²) < 4.78 is 0.552. The maximum Gasteiger partial charge on any atom is 0.195 e. The number of rotatable bonds is 1. The number of nitrogens with one attached hydrogen (secondary N) is 1. The Bertz CT molecular complexity index is 569. The molecular weight excluding hydrogens is 232 g/mol. The Morgan fingerprint density at radius 2 is 1.82 bits per heavy atom. The first-order valence-corrected chi connectivity index (χ1v) is 5.77. The molecule has 2 rings (SSSR count). The van der Waals surface area contributed by atoms with E-state index in [0.29, 0.717) is 16.3 Å². The highest BCUT2D eigenvalue weighted by atomic mass is 32.1. The van der Waals surface area contributed by atoms with Crippen LogP contribution in [0.2, 0.25) is 0 Å². The molecule has 2 aromatic heterocycles. The Morgan fingerprint density at radius 3 is 2.41 bits per heavy atom. The van der Waals surface area contributed by atoms with Crippen LogP contribution in [0.1, 0.15) is 26.5 Å². The lowest BCUT2D eigenvalue weighted by molar-refractivity contribution is 0.567. The number of nitrogens with zero attached hydrogens (tertiary/aromatic N) is 3. The molecule has 0 radical (unpaired) electrons. The van der Waals surface area contributed by atoms with E-state index < -0.39 is 0 Å². The van der Waals surface area contributed by atoms with E-state index in [1.165, 1.54) is 0 Å². The third kappa shape index (κ3) is 2.74. The second-order valence-electron chi connectivity index (χ2n) is 4.80. The molecule has 0 aliphatic rings. The fraction of sp³-hybridized carbons (Fsp3) is 0.333. The summed E-state index contributed by atoms with van der Waals surface area (Å²) in [5.74, 6) is 1.17. The quantitative estimate of drug-likeness (QED) is 0.786. The molecule has 17 heavy (non-hydrogen) atoms. The summed E-state index contributed by atoms with van der Waals surface area (Å²) >= 11 is 5.17. The van der Waals surface area contributed by atoms with Gasteiger partial charge in [0.25, 0.3) is 0 Å². The molecule has 0 aromatic carbocycles. The van der Waals surface area contributed by atoms with Crippen LogP contribution in [0.15, 0.2) is 24.5 Å². The molecule has 0 atom stereocenters. The molecule has 2 heterocycles. The van der Waals surface area contributed by atoms with Crippen molar-refractivity contribution in [3.63, 3.8) is 0 Å². The van der Waals surface area contributed by atoms with Gasteiger partial charge in [-0.3, -0.25) is 0 Å². The topological polar surface area (TPSA) is 54.5 Å². The van der Waals surface area contributed by atoms with Crippen molar-refractivity contribution in [3.05, 3.63) is 34.9 Å². The lowest BCUT2D eigenvalue weighted by Crippen LogP contribution is -2.14. The van der Waals surface area contributed by atoms with E-state index >= 15 is 0 Å². The van der Waals surface area contributed by atoms with Gasteiger partial charge in [-0.2, -0.15) is 0 Å². The van der Waals surface area contributed by atoms with E-state index in [-0.39, 0.29) is 5.41 Å². The van der Waals surface area contributed by atoms with Crippen molar-refractivity contribution in [3.8, 4) is 11.6 Å². The third-order valence-corrected chi connectivity index (χ3v) is 2.54. The minimum Gasteiger partial charge on any atom is -0.340 e. The molecule has 0 saturated heterocycles. The van der Waals surface area contributed by atoms with Gasteiger partial charge in [-0.15, -0.1) is 0 Å². The molecule has 4 nitrogen and oxygen atoms in total. The largest absolute Gasteiger partial charge is 0.340 e. The van der Waals surface area contributed by atoms with Crippen molar-refractivity contribution in [2.24, 2.45) is 0 Å². The normalized spacial score (nSPS) is 11.5. The molecule has 0 spiro atoms. The summed E-state index contributed by atoms with van der Waals surface area (Å²) in [4.78, 5) is 15.8. The molecule has 0 unspecified atom stereocenters. The number of aromatic amines is 1. The predicted octanol–water partition coefficient (Wildman–Crippen LogP) is 2.89. The zero-order valence-electron chi connectivity index (χ0n) is 10.1. The third-order valence-electron chi connectivity index (χ3n) is 2.33. The molecule has 0 aliphatic carbocycles. The summed E-state index contributed by atoms with van der Waals surface area (Å²) in [7, 11) is 0. The highest BCUT2D eigenvalue weighted by Gasteiger charge is 2.16. The van der Waals surface area contributed by atoms with Crippen LogP contribution >= 0.6 is 12.2 Å². The zero-order valence-corrected chi connectivity index (χ0v) is 10.9. The average molecular weight is 246 g/mol. The van der Waals surface area contributed by atoms with Crippen LogP contribution in [0, 0.1) is 4.64 Å². The van der Waals surface area contributed by atoms with Gasteiger partial charge in [0.2, 0.25) is 0 Å². The van der Waals surface area contributed by atoms with Crippen molar-refractivity contribution < 1.29 is 0 Å². The molecule has 0 bridgehead atoms. The standard InChI is InChI=1S/C12H14N4S/c1-12(2,3)8-7-9(17)16-11(15-8)10-13-5-4-6-14-10/h4-7H,1-3H3,(H,15,16,17). The Hall–Kier alpha value is -1.62. The van der Waals surface area contributed by atoms with E-state index in [9.17, 15) is 0 Å². The minimum atomic E-state index is -0.0139. The molecule has 0 fully saturated rings. The summed E-state index contributed by atoms with van der Waals surface area (Å²) in [5, 5.41) is 0. The highest BCUT2D eigenvalue weighted by Crippen LogP contribution is 2.21. The molecule has 1 N–H and O–H groups in total. The van der Waals surface area contributed by atoms with Gasteiger partial charge in [0, 0.05) is 23.5 Å². The first kappa shape index (κ1) is 11.9. The van der Waals surface area contributed by atoms with Gasteiger partial charge in [-0.1, -0.05) is 33.0 Å². The van der Waals surface area contributed by atoms with Crippen molar-refractivity contribution >= 4 is 12.2 Å². The molecule has 0 aliphatic heterocycles. The molecule has 0 amide bonds. The zero-order chi connectivity index (χ0) is 12.5. The average Bonchev–Trinajstić information content (AvgIpc) is 2.28. The fourth-order valence-corrected chi connectivity index (χ4v) is 1.60. The van der Waals surface area contributed by atoms with Gasteiger partial charge in [-0.25, -0.2) is 15.0 Å². The molecular formula is C12H14N4S. The number of hydrogen-bond acceptors (Lipinski definition) is 4. The Labute approximate surface area is 105 Å². The number of H-pyrrole nitrogens is 1. The Balaban J connectivity index is 2.58. The predicted molar refractivity (Wildman–Crippen MR) is 69.1 cm³/mol. The van der Waals surface area contributed by atoms with E-state index in [1.807, 2.05) is 6.07 Å². The smallest absolute Gasteiger partial charge is 0.195 e. The van der Waals surface area contributed by atoms with Crippen LogP contribution in [-0.4, -0.2) is 19.9 Å². The minimum absolute atomic E-state index is 0.0139. The number of aromatic nitrogens is 4. The highest BCUT2D eigenvalue weighted by molar-refractivity contribution is 7.71. The van der Waals surface area contributed by atoms with Gasteiger partial charge in [0.05, 0.1) is 0 Å². The van der Waals surface area contributed by atoms with Gasteiger partial charge in [0.1, 0.15) is 4.64 Å². The molecule has 5 heteroatoms. The van der Waals surface area contributed by atoms with Crippen molar-refractivity contribution in [1.82, 2.24) is 19.9 Å². The molecule has 88 valence electrons. The SMILES string of the molecule is CC(C)(C)c1cc(=S)nc(-c2ncccn2)[nH]1. The summed E-state index contributed by atoms with van der Waals surface area (Å²) in [6.45, 7) is 6.34. The lowest BCUT2D eigenvalue weighted by atomic mass is 9.92. The van der Waals surface area contributed by atoms with Gasteiger partial charge in [0.15, 0.2) is 11.6 Å².